The topological polar surface area (TPSA) is 303 Å². The van der Waals surface area contributed by atoms with Gasteiger partial charge in [0.2, 0.25) is 47.3 Å². The van der Waals surface area contributed by atoms with Crippen molar-refractivity contribution in [3.63, 3.8) is 0 Å². The van der Waals surface area contributed by atoms with E-state index in [2.05, 4.69) is 37.2 Å². The van der Waals surface area contributed by atoms with E-state index in [4.69, 9.17) is 16.9 Å². The summed E-state index contributed by atoms with van der Waals surface area (Å²) in [7, 11) is 0. The molecule has 0 saturated carbocycles. The van der Waals surface area contributed by atoms with E-state index in [-0.39, 0.29) is 64.1 Å². The Morgan fingerprint density at radius 3 is 1.48 bits per heavy atom. The van der Waals surface area contributed by atoms with Crippen LogP contribution in [0, 0.1) is 5.41 Å². The number of hydrogen-bond acceptors (Lipinski definition) is 10. The van der Waals surface area contributed by atoms with Gasteiger partial charge in [0.1, 0.15) is 48.3 Å². The molecule has 20 nitrogen and oxygen atoms in total. The highest BCUT2D eigenvalue weighted by Gasteiger charge is 2.44. The van der Waals surface area contributed by atoms with Gasteiger partial charge in [-0.05, 0) is 62.1 Å². The van der Waals surface area contributed by atoms with Crippen molar-refractivity contribution in [3.05, 3.63) is 108 Å². The van der Waals surface area contributed by atoms with E-state index >= 15 is 0 Å². The first-order valence-corrected chi connectivity index (χ1v) is 23.5. The summed E-state index contributed by atoms with van der Waals surface area (Å²) >= 11 is 0. The van der Waals surface area contributed by atoms with E-state index in [9.17, 15) is 38.4 Å². The Balaban J connectivity index is 1.37. The number of carbonyl (C=O) groups is 8. The lowest BCUT2D eigenvalue weighted by atomic mass is 10.0. The Hall–Kier alpha value is -7.35. The molecule has 0 unspecified atom stereocenters. The van der Waals surface area contributed by atoms with Crippen molar-refractivity contribution in [2.24, 2.45) is 11.5 Å². The zero-order chi connectivity index (χ0) is 49.5. The fourth-order valence-corrected chi connectivity index (χ4v) is 8.94. The Morgan fingerprint density at radius 1 is 0.551 bits per heavy atom. The van der Waals surface area contributed by atoms with Gasteiger partial charge in [-0.2, -0.15) is 0 Å². The number of rotatable bonds is 11. The van der Waals surface area contributed by atoms with Crippen LogP contribution in [0.15, 0.2) is 91.0 Å². The molecule has 0 aromatic heterocycles. The Bertz CT molecular complexity index is 2300. The molecule has 0 spiro atoms. The number of guanidine groups is 1. The van der Waals surface area contributed by atoms with Crippen molar-refractivity contribution in [2.75, 3.05) is 26.2 Å². The lowest BCUT2D eigenvalue weighted by Gasteiger charge is -2.34. The molecule has 6 rings (SSSR count). The molecule has 0 bridgehead atoms. The van der Waals surface area contributed by atoms with Gasteiger partial charge in [-0.1, -0.05) is 91.0 Å². The molecule has 3 aliphatic rings. The average Bonchev–Trinajstić information content (AvgIpc) is 4.05. The van der Waals surface area contributed by atoms with Gasteiger partial charge in [-0.3, -0.25) is 43.8 Å². The molecule has 0 radical (unpaired) electrons. The highest BCUT2D eigenvalue weighted by molar-refractivity contribution is 5.99. The van der Waals surface area contributed by atoms with Crippen LogP contribution in [0.2, 0.25) is 0 Å². The van der Waals surface area contributed by atoms with Crippen LogP contribution in [0.3, 0.4) is 0 Å². The molecule has 8 atom stereocenters. The van der Waals surface area contributed by atoms with E-state index < -0.39 is 102 Å². The van der Waals surface area contributed by atoms with Crippen LogP contribution >= 0.6 is 0 Å². The van der Waals surface area contributed by atoms with Crippen LogP contribution in [-0.4, -0.2) is 138 Å². The molecule has 3 heterocycles. The van der Waals surface area contributed by atoms with Gasteiger partial charge < -0.3 is 58.5 Å². The summed E-state index contributed by atoms with van der Waals surface area (Å²) in [5, 5.41) is 26.7. The summed E-state index contributed by atoms with van der Waals surface area (Å²) in [4.78, 5) is 117. The first kappa shape index (κ1) is 51.0. The molecular formula is C49H64N12O8. The number of benzene rings is 3. The largest absolute Gasteiger partial charge is 0.370 e. The Labute approximate surface area is 401 Å². The quantitative estimate of drug-likeness (QED) is 0.0623. The summed E-state index contributed by atoms with van der Waals surface area (Å²) in [6.07, 6.45) is 1.86. The van der Waals surface area contributed by atoms with Gasteiger partial charge in [-0.15, -0.1) is 0 Å². The van der Waals surface area contributed by atoms with Gasteiger partial charge in [-0.25, -0.2) is 0 Å². The number of nitrogens with two attached hydrogens (primary N) is 2. The lowest BCUT2D eigenvalue weighted by Crippen LogP contribution is -2.62. The second kappa shape index (κ2) is 24.6. The third-order valence-corrected chi connectivity index (χ3v) is 12.6. The van der Waals surface area contributed by atoms with Gasteiger partial charge in [0.05, 0.1) is 0 Å². The Morgan fingerprint density at radius 2 is 0.971 bits per heavy atom. The van der Waals surface area contributed by atoms with Crippen molar-refractivity contribution >= 4 is 53.2 Å². The predicted molar refractivity (Wildman–Crippen MR) is 255 cm³/mol. The van der Waals surface area contributed by atoms with Crippen LogP contribution in [0.25, 0.3) is 0 Å². The summed E-state index contributed by atoms with van der Waals surface area (Å²) in [5.41, 5.74) is 13.6. The molecule has 3 saturated heterocycles. The molecule has 69 heavy (non-hydrogen) atoms. The molecule has 3 aliphatic heterocycles. The highest BCUT2D eigenvalue weighted by Crippen LogP contribution is 2.26. The molecule has 368 valence electrons. The molecule has 3 aromatic carbocycles. The minimum Gasteiger partial charge on any atom is -0.370 e. The zero-order valence-electron chi connectivity index (χ0n) is 38.8. The fraction of sp³-hybridized carbons (Fsp3) is 0.449. The summed E-state index contributed by atoms with van der Waals surface area (Å²) < 4.78 is 0. The second-order valence-corrected chi connectivity index (χ2v) is 17.7. The van der Waals surface area contributed by atoms with Crippen LogP contribution in [0.4, 0.5) is 0 Å². The molecule has 0 aliphatic carbocycles. The number of fused-ring (bicyclic) bond motifs is 2. The number of nitrogens with one attached hydrogen (secondary N) is 8. The van der Waals surface area contributed by atoms with Crippen LogP contribution < -0.4 is 48.7 Å². The molecule has 20 heteroatoms. The molecule has 12 N–H and O–H groups in total. The molecule has 8 amide bonds. The molecule has 3 fully saturated rings. The third kappa shape index (κ3) is 14.1. The van der Waals surface area contributed by atoms with Crippen LogP contribution in [0.5, 0.6) is 0 Å². The summed E-state index contributed by atoms with van der Waals surface area (Å²) in [5.74, 6) is -5.59. The van der Waals surface area contributed by atoms with Crippen molar-refractivity contribution in [3.8, 4) is 0 Å². The van der Waals surface area contributed by atoms with E-state index in [1.165, 1.54) is 16.7 Å². The molecule has 3 aromatic rings. The smallest absolute Gasteiger partial charge is 0.246 e. The van der Waals surface area contributed by atoms with Crippen LogP contribution in [-0.2, 0) is 57.6 Å². The third-order valence-electron chi connectivity index (χ3n) is 12.6. The van der Waals surface area contributed by atoms with Crippen LogP contribution in [0.1, 0.15) is 62.1 Å². The fourth-order valence-electron chi connectivity index (χ4n) is 8.94. The van der Waals surface area contributed by atoms with Gasteiger partial charge in [0.15, 0.2) is 5.96 Å². The summed E-state index contributed by atoms with van der Waals surface area (Å²) in [6.45, 7) is 1.65. The van der Waals surface area contributed by atoms with E-state index in [0.717, 1.165) is 5.56 Å². The monoisotopic (exact) mass is 948 g/mol. The van der Waals surface area contributed by atoms with E-state index in [1.54, 1.807) is 84.9 Å². The van der Waals surface area contributed by atoms with Crippen molar-refractivity contribution < 1.29 is 38.4 Å². The normalized spacial score (nSPS) is 25.7. The maximum Gasteiger partial charge on any atom is 0.246 e. The van der Waals surface area contributed by atoms with E-state index in [1.807, 2.05) is 6.07 Å². The second-order valence-electron chi connectivity index (χ2n) is 17.7. The predicted octanol–water partition coefficient (Wildman–Crippen LogP) is -1.14. The first-order chi connectivity index (χ1) is 33.2. The SMILES string of the molecule is C[C@@H]1NC(=O)[C@H](CN)NC(=O)[C@@H](Cc2ccccc2)NC(=O)[C@H](Cc2ccccc2)NC(=O)[C@@H](CCCNC(=N)N)NC(=O)[C@@H]2CCCN2C(=O)[C@H]2CCCN2C(=O)[C@H](Cc2ccccc2)NC1=O. The molecular weight excluding hydrogens is 885 g/mol. The summed E-state index contributed by atoms with van der Waals surface area (Å²) in [6, 6.07) is 17.2. The highest BCUT2D eigenvalue weighted by atomic mass is 16.2. The minimum absolute atomic E-state index is 0.0217. The Kier molecular flexibility index (Phi) is 18.2. The minimum atomic E-state index is -1.37. The van der Waals surface area contributed by atoms with Crippen molar-refractivity contribution in [1.29, 1.82) is 5.41 Å². The lowest BCUT2D eigenvalue weighted by molar-refractivity contribution is -0.148. The zero-order valence-corrected chi connectivity index (χ0v) is 38.8. The van der Waals surface area contributed by atoms with Gasteiger partial charge in [0.25, 0.3) is 0 Å². The van der Waals surface area contributed by atoms with Gasteiger partial charge >= 0.3 is 0 Å². The number of hydrogen-bond donors (Lipinski definition) is 10. The van der Waals surface area contributed by atoms with Gasteiger partial charge in [0, 0.05) is 45.4 Å². The van der Waals surface area contributed by atoms with Crippen molar-refractivity contribution in [2.45, 2.75) is 113 Å². The number of carbonyl (C=O) groups excluding carboxylic acids is 8. The number of nitrogens with zero attached hydrogens (tertiary/aromatic N) is 2. The average molecular weight is 949 g/mol. The maximum absolute atomic E-state index is 14.6. The maximum atomic E-state index is 14.6. The number of amides is 8. The standard InChI is InChI=1S/C49H64N12O8/c1-30-41(62)58-37(28-33-18-9-4-10-19-33)47(68)61-25-13-22-40(61)48(69)60-24-12-21-39(60)46(67)55-34(20-11-23-53-49(51)52)42(63)56-35(26-31-14-5-2-6-15-31)43(64)57-36(27-32-16-7-3-8-17-32)44(65)59-38(29-50)45(66)54-30/h2-10,14-19,30,34-40H,11-13,20-29,50H2,1H3,(H,54,66)(H,55,67)(H,56,63)(H,57,64)(H,58,62)(H,59,65)(H4,51,52,53)/t30-,34+,35-,36+,37-,38-,39-,40+/m0/s1. The van der Waals surface area contributed by atoms with Crippen molar-refractivity contribution in [1.82, 2.24) is 47.0 Å². The first-order valence-electron chi connectivity index (χ1n) is 23.5. The van der Waals surface area contributed by atoms with E-state index in [0.29, 0.717) is 30.4 Å².